The van der Waals surface area contributed by atoms with E-state index in [4.69, 9.17) is 9.47 Å². The first-order valence-electron chi connectivity index (χ1n) is 12.0. The lowest BCUT2D eigenvalue weighted by molar-refractivity contribution is -0.136. The maximum absolute atomic E-state index is 12.9. The van der Waals surface area contributed by atoms with Crippen LogP contribution in [0.3, 0.4) is 0 Å². The molecule has 10 heteroatoms. The first-order chi connectivity index (χ1) is 17.0. The molecule has 190 valence electrons. The molecule has 0 saturated carbocycles. The zero-order chi connectivity index (χ0) is 26.0. The van der Waals surface area contributed by atoms with Gasteiger partial charge in [0.15, 0.2) is 0 Å². The largest absolute Gasteiger partial charge is 0.444 e. The highest BCUT2D eigenvalue weighted by atomic mass is 16.6. The molecule has 2 saturated heterocycles. The van der Waals surface area contributed by atoms with E-state index >= 15 is 0 Å². The first kappa shape index (κ1) is 25.4. The second-order valence-electron chi connectivity index (χ2n) is 9.99. The van der Waals surface area contributed by atoms with Crippen molar-refractivity contribution in [1.29, 1.82) is 0 Å². The number of nitrogens with one attached hydrogen (secondary N) is 1. The Kier molecular flexibility index (Phi) is 7.13. The molecule has 36 heavy (non-hydrogen) atoms. The van der Waals surface area contributed by atoms with Crippen LogP contribution in [0.2, 0.25) is 0 Å². The molecule has 3 heterocycles. The van der Waals surface area contributed by atoms with E-state index in [2.05, 4.69) is 17.2 Å². The second kappa shape index (κ2) is 10.1. The molecule has 0 bridgehead atoms. The Morgan fingerprint density at radius 2 is 1.75 bits per heavy atom. The van der Waals surface area contributed by atoms with Crippen LogP contribution >= 0.6 is 0 Å². The maximum atomic E-state index is 12.9. The lowest BCUT2D eigenvalue weighted by Crippen LogP contribution is -2.54. The number of fused-ring (bicyclic) bond motifs is 1. The number of nitrogens with zero attached hydrogens (tertiary/aromatic N) is 2. The highest BCUT2D eigenvalue weighted by Gasteiger charge is 2.44. The van der Waals surface area contributed by atoms with Gasteiger partial charge in [0.2, 0.25) is 11.8 Å². The number of hydrogen-bond donors (Lipinski definition) is 1. The predicted octanol–water partition coefficient (Wildman–Crippen LogP) is 1.86. The quantitative estimate of drug-likeness (QED) is 0.502. The van der Waals surface area contributed by atoms with E-state index in [9.17, 15) is 24.0 Å². The number of carbonyl (C=O) groups excluding carboxylic acids is 5. The van der Waals surface area contributed by atoms with Crippen LogP contribution in [0.1, 0.15) is 72.7 Å². The topological polar surface area (TPSA) is 122 Å². The normalized spacial score (nSPS) is 20.6. The summed E-state index contributed by atoms with van der Waals surface area (Å²) in [6.07, 6.45) is 1.22. The smallest absolute Gasteiger partial charge is 0.410 e. The lowest BCUT2D eigenvalue weighted by atomic mass is 10.0. The predicted molar refractivity (Wildman–Crippen MR) is 127 cm³/mol. The van der Waals surface area contributed by atoms with E-state index in [-0.39, 0.29) is 42.8 Å². The Morgan fingerprint density at radius 1 is 1.06 bits per heavy atom. The van der Waals surface area contributed by atoms with Crippen LogP contribution in [0.15, 0.2) is 18.2 Å². The fraction of sp³-hybridized carbons (Fsp3) is 0.500. The number of likely N-dealkylation sites (tertiary alicyclic amines) is 1. The zero-order valence-corrected chi connectivity index (χ0v) is 20.6. The summed E-state index contributed by atoms with van der Waals surface area (Å²) in [4.78, 5) is 64.0. The lowest BCUT2D eigenvalue weighted by Gasteiger charge is -2.33. The van der Waals surface area contributed by atoms with Gasteiger partial charge < -0.3 is 14.4 Å². The van der Waals surface area contributed by atoms with Crippen LogP contribution in [-0.2, 0) is 19.1 Å². The second-order valence-corrected chi connectivity index (χ2v) is 9.99. The molecule has 1 aromatic rings. The molecule has 1 atom stereocenters. The summed E-state index contributed by atoms with van der Waals surface area (Å²) in [6.45, 7) is 6.80. The van der Waals surface area contributed by atoms with Crippen LogP contribution < -0.4 is 5.32 Å². The SMILES string of the molecule is CC(C)(C)OC(=O)N1CCC(OCC#Cc2ccc3c(c2)C(=O)N(C2CCC(=O)NC2=O)C3=O)CC1. The molecule has 1 unspecified atom stereocenters. The Hall–Kier alpha value is -3.71. The number of benzene rings is 1. The third kappa shape index (κ3) is 5.57. The molecule has 3 aliphatic rings. The first-order valence-corrected chi connectivity index (χ1v) is 12.0. The van der Waals surface area contributed by atoms with Crippen molar-refractivity contribution in [1.82, 2.24) is 15.1 Å². The van der Waals surface area contributed by atoms with E-state index < -0.39 is 35.3 Å². The molecule has 4 rings (SSSR count). The van der Waals surface area contributed by atoms with Gasteiger partial charge in [-0.15, -0.1) is 0 Å². The standard InChI is InChI=1S/C26H29N3O7/c1-26(2,3)36-25(34)28-12-10-17(11-13-28)35-14-4-5-16-6-7-18-19(15-16)24(33)29(23(18)32)20-8-9-21(30)27-22(20)31/h6-7,15,17,20H,8-14H2,1-3H3,(H,27,30,31). The number of ether oxygens (including phenoxy) is 2. The molecule has 0 spiro atoms. The van der Waals surface area contributed by atoms with E-state index in [0.29, 0.717) is 31.5 Å². The number of imide groups is 2. The third-order valence-electron chi connectivity index (χ3n) is 6.16. The molecule has 0 aromatic heterocycles. The van der Waals surface area contributed by atoms with E-state index in [1.807, 2.05) is 20.8 Å². The monoisotopic (exact) mass is 495 g/mol. The molecular formula is C26H29N3O7. The average molecular weight is 496 g/mol. The van der Waals surface area contributed by atoms with Crippen molar-refractivity contribution in [3.8, 4) is 11.8 Å². The summed E-state index contributed by atoms with van der Waals surface area (Å²) in [5, 5.41) is 2.18. The van der Waals surface area contributed by atoms with Gasteiger partial charge >= 0.3 is 6.09 Å². The highest BCUT2D eigenvalue weighted by Crippen LogP contribution is 2.28. The number of hydrogen-bond acceptors (Lipinski definition) is 7. The number of rotatable bonds is 3. The zero-order valence-electron chi connectivity index (χ0n) is 20.6. The molecule has 10 nitrogen and oxygen atoms in total. The summed E-state index contributed by atoms with van der Waals surface area (Å²) in [7, 11) is 0. The van der Waals surface area contributed by atoms with Crippen molar-refractivity contribution in [3.63, 3.8) is 0 Å². The summed E-state index contributed by atoms with van der Waals surface area (Å²) >= 11 is 0. The van der Waals surface area contributed by atoms with E-state index in [1.165, 1.54) is 12.1 Å². The van der Waals surface area contributed by atoms with Gasteiger partial charge in [-0.05, 0) is 58.2 Å². The van der Waals surface area contributed by atoms with Gasteiger partial charge in [-0.1, -0.05) is 11.8 Å². The van der Waals surface area contributed by atoms with Gasteiger partial charge in [0.05, 0.1) is 17.2 Å². The van der Waals surface area contributed by atoms with Crippen molar-refractivity contribution in [3.05, 3.63) is 34.9 Å². The van der Waals surface area contributed by atoms with Gasteiger partial charge in [-0.25, -0.2) is 4.79 Å². The number of piperidine rings is 2. The van der Waals surface area contributed by atoms with Crippen LogP contribution in [0.4, 0.5) is 4.79 Å². The van der Waals surface area contributed by atoms with Crippen molar-refractivity contribution in [2.24, 2.45) is 0 Å². The average Bonchev–Trinajstić information content (AvgIpc) is 3.06. The summed E-state index contributed by atoms with van der Waals surface area (Å²) in [5.41, 5.74) is 0.414. The van der Waals surface area contributed by atoms with Crippen LogP contribution in [0.25, 0.3) is 0 Å². The van der Waals surface area contributed by atoms with Gasteiger partial charge in [0.1, 0.15) is 18.2 Å². The number of amides is 5. The van der Waals surface area contributed by atoms with Gasteiger partial charge in [-0.2, -0.15) is 0 Å². The molecule has 1 N–H and O–H groups in total. The van der Waals surface area contributed by atoms with E-state index in [1.54, 1.807) is 11.0 Å². The molecule has 1 aromatic carbocycles. The number of carbonyl (C=O) groups is 5. The molecule has 2 fully saturated rings. The minimum absolute atomic E-state index is 0.0145. The summed E-state index contributed by atoms with van der Waals surface area (Å²) in [6, 6.07) is 3.70. The highest BCUT2D eigenvalue weighted by molar-refractivity contribution is 6.23. The minimum atomic E-state index is -1.00. The molecule has 3 aliphatic heterocycles. The molecule has 5 amide bonds. The summed E-state index contributed by atoms with van der Waals surface area (Å²) in [5.74, 6) is 3.70. The van der Waals surface area contributed by atoms with Crippen LogP contribution in [0, 0.1) is 11.8 Å². The molecule has 0 aliphatic carbocycles. The van der Waals surface area contributed by atoms with Crippen molar-refractivity contribution in [2.45, 2.75) is 64.2 Å². The van der Waals surface area contributed by atoms with Crippen molar-refractivity contribution >= 4 is 29.7 Å². The van der Waals surface area contributed by atoms with E-state index in [0.717, 1.165) is 4.90 Å². The van der Waals surface area contributed by atoms with Crippen molar-refractivity contribution < 1.29 is 33.4 Å². The Bertz CT molecular complexity index is 1170. The Balaban J connectivity index is 1.30. The Morgan fingerprint density at radius 3 is 2.42 bits per heavy atom. The molecular weight excluding hydrogens is 466 g/mol. The summed E-state index contributed by atoms with van der Waals surface area (Å²) < 4.78 is 11.2. The fourth-order valence-electron chi connectivity index (χ4n) is 4.38. The van der Waals surface area contributed by atoms with Gasteiger partial charge in [0, 0.05) is 25.1 Å². The Labute approximate surface area is 209 Å². The third-order valence-corrected chi connectivity index (χ3v) is 6.16. The maximum Gasteiger partial charge on any atom is 0.410 e. The van der Waals surface area contributed by atoms with Crippen LogP contribution in [0.5, 0.6) is 0 Å². The van der Waals surface area contributed by atoms with Crippen LogP contribution in [-0.4, -0.2) is 77.0 Å². The molecule has 0 radical (unpaired) electrons. The van der Waals surface area contributed by atoms with Gasteiger partial charge in [-0.3, -0.25) is 29.4 Å². The van der Waals surface area contributed by atoms with Gasteiger partial charge in [0.25, 0.3) is 11.8 Å². The minimum Gasteiger partial charge on any atom is -0.444 e. The fourth-order valence-corrected chi connectivity index (χ4v) is 4.38. The van der Waals surface area contributed by atoms with Crippen molar-refractivity contribution in [2.75, 3.05) is 19.7 Å².